The molecule has 0 N–H and O–H groups in total. The van der Waals surface area contributed by atoms with Crippen molar-refractivity contribution in [2.24, 2.45) is 4.99 Å². The van der Waals surface area contributed by atoms with Gasteiger partial charge >= 0.3 is 0 Å². The number of nitro benzene ring substituents is 1. The zero-order valence-electron chi connectivity index (χ0n) is 13.6. The van der Waals surface area contributed by atoms with Crippen molar-refractivity contribution in [2.75, 3.05) is 0 Å². The summed E-state index contributed by atoms with van der Waals surface area (Å²) in [5.41, 5.74) is 2.43. The Kier molecular flexibility index (Phi) is 4.38. The van der Waals surface area contributed by atoms with E-state index in [1.54, 1.807) is 12.3 Å². The van der Waals surface area contributed by atoms with Gasteiger partial charge in [0.25, 0.3) is 5.69 Å². The number of benzene rings is 3. The maximum atomic E-state index is 11.3. The smallest absolute Gasteiger partial charge is 0.258 e. The van der Waals surface area contributed by atoms with Crippen LogP contribution in [0.4, 0.5) is 11.4 Å². The third kappa shape index (κ3) is 3.33. The number of hydrogen-bond donors (Lipinski definition) is 0. The highest BCUT2D eigenvalue weighted by molar-refractivity contribution is 5.88. The minimum absolute atomic E-state index is 0.108. The van der Waals surface area contributed by atoms with E-state index in [1.165, 1.54) is 0 Å². The monoisotopic (exact) mass is 318 g/mol. The van der Waals surface area contributed by atoms with E-state index in [0.717, 1.165) is 27.6 Å². The lowest BCUT2D eigenvalue weighted by Crippen LogP contribution is -1.98. The van der Waals surface area contributed by atoms with Gasteiger partial charge in [0, 0.05) is 17.8 Å². The van der Waals surface area contributed by atoms with E-state index in [4.69, 9.17) is 0 Å². The van der Waals surface area contributed by atoms with Gasteiger partial charge in [-0.1, -0.05) is 56.3 Å². The number of rotatable bonds is 4. The summed E-state index contributed by atoms with van der Waals surface area (Å²) in [6.07, 6.45) is 1.67. The van der Waals surface area contributed by atoms with Crippen LogP contribution in [0.25, 0.3) is 10.8 Å². The fraction of sp³-hybridized carbons (Fsp3) is 0.150. The summed E-state index contributed by atoms with van der Waals surface area (Å²) in [5, 5.41) is 13.5. The van der Waals surface area contributed by atoms with Crippen molar-refractivity contribution in [1.29, 1.82) is 0 Å². The van der Waals surface area contributed by atoms with Gasteiger partial charge in [0.2, 0.25) is 0 Å². The molecule has 0 aromatic heterocycles. The number of nitro groups is 1. The van der Waals surface area contributed by atoms with Crippen molar-refractivity contribution in [1.82, 2.24) is 0 Å². The molecule has 3 aromatic rings. The summed E-state index contributed by atoms with van der Waals surface area (Å²) >= 11 is 0. The Balaban J connectivity index is 1.93. The number of aliphatic imine (C=N–C) groups is 1. The van der Waals surface area contributed by atoms with Crippen molar-refractivity contribution >= 4 is 28.4 Å². The fourth-order valence-corrected chi connectivity index (χ4v) is 2.69. The van der Waals surface area contributed by atoms with Gasteiger partial charge < -0.3 is 0 Å². The van der Waals surface area contributed by atoms with Gasteiger partial charge in [-0.25, -0.2) is 0 Å². The second kappa shape index (κ2) is 6.62. The highest BCUT2D eigenvalue weighted by atomic mass is 16.6. The zero-order valence-corrected chi connectivity index (χ0v) is 13.6. The second-order valence-electron chi connectivity index (χ2n) is 6.02. The summed E-state index contributed by atoms with van der Waals surface area (Å²) in [5.74, 6) is 0.108. The molecule has 0 bridgehead atoms. The Morgan fingerprint density at radius 1 is 1.00 bits per heavy atom. The number of hydrogen-bond acceptors (Lipinski definition) is 3. The van der Waals surface area contributed by atoms with Gasteiger partial charge in [-0.15, -0.1) is 0 Å². The van der Waals surface area contributed by atoms with Crippen molar-refractivity contribution < 1.29 is 4.92 Å². The summed E-state index contributed by atoms with van der Waals surface area (Å²) < 4.78 is 0. The van der Waals surface area contributed by atoms with E-state index in [2.05, 4.69) is 11.1 Å². The molecule has 0 atom stereocenters. The molecule has 3 rings (SSSR count). The predicted octanol–water partition coefficient (Wildman–Crippen LogP) is 5.62. The maximum Gasteiger partial charge on any atom is 0.273 e. The average molecular weight is 318 g/mol. The molecule has 4 heteroatoms. The summed E-state index contributed by atoms with van der Waals surface area (Å²) in [6, 6.07) is 19.3. The van der Waals surface area contributed by atoms with Crippen LogP contribution in [0, 0.1) is 10.1 Å². The Labute approximate surface area is 140 Å². The van der Waals surface area contributed by atoms with Crippen molar-refractivity contribution in [3.63, 3.8) is 0 Å². The van der Waals surface area contributed by atoms with E-state index >= 15 is 0 Å². The van der Waals surface area contributed by atoms with Gasteiger partial charge in [0.1, 0.15) is 0 Å². The van der Waals surface area contributed by atoms with E-state index in [1.807, 2.05) is 62.4 Å². The minimum atomic E-state index is -0.331. The first-order valence-corrected chi connectivity index (χ1v) is 7.86. The van der Waals surface area contributed by atoms with Gasteiger partial charge in [0.15, 0.2) is 0 Å². The lowest BCUT2D eigenvalue weighted by atomic mass is 9.99. The Bertz CT molecular complexity index is 930. The van der Waals surface area contributed by atoms with Gasteiger partial charge in [-0.3, -0.25) is 15.1 Å². The minimum Gasteiger partial charge on any atom is -0.258 e. The summed E-state index contributed by atoms with van der Waals surface area (Å²) in [4.78, 5) is 15.4. The molecule has 0 spiro atoms. The van der Waals surface area contributed by atoms with Crippen LogP contribution in [-0.2, 0) is 0 Å². The SMILES string of the molecule is CC(C)c1ccc(C=Nc2ccc3ccccc3c2)cc1[N+](=O)[O-]. The molecule has 0 saturated heterocycles. The summed E-state index contributed by atoms with van der Waals surface area (Å²) in [6.45, 7) is 3.90. The van der Waals surface area contributed by atoms with Crippen LogP contribution in [-0.4, -0.2) is 11.1 Å². The fourth-order valence-electron chi connectivity index (χ4n) is 2.69. The topological polar surface area (TPSA) is 55.5 Å². The maximum absolute atomic E-state index is 11.3. The first-order valence-electron chi connectivity index (χ1n) is 7.86. The highest BCUT2D eigenvalue weighted by Gasteiger charge is 2.16. The van der Waals surface area contributed by atoms with Crippen LogP contribution in [0.3, 0.4) is 0 Å². The summed E-state index contributed by atoms with van der Waals surface area (Å²) in [7, 11) is 0. The first kappa shape index (κ1) is 15.9. The molecular formula is C20H18N2O2. The molecule has 120 valence electrons. The Hall–Kier alpha value is -3.01. The quantitative estimate of drug-likeness (QED) is 0.356. The number of nitrogens with zero attached hydrogens (tertiary/aromatic N) is 2. The highest BCUT2D eigenvalue weighted by Crippen LogP contribution is 2.27. The molecule has 24 heavy (non-hydrogen) atoms. The molecule has 0 amide bonds. The third-order valence-electron chi connectivity index (χ3n) is 3.97. The molecule has 3 aromatic carbocycles. The normalized spacial score (nSPS) is 11.5. The lowest BCUT2D eigenvalue weighted by Gasteiger charge is -2.06. The molecular weight excluding hydrogens is 300 g/mol. The average Bonchev–Trinajstić information content (AvgIpc) is 2.59. The molecule has 0 fully saturated rings. The van der Waals surface area contributed by atoms with E-state index < -0.39 is 0 Å². The van der Waals surface area contributed by atoms with Crippen LogP contribution in [0.2, 0.25) is 0 Å². The second-order valence-corrected chi connectivity index (χ2v) is 6.02. The van der Waals surface area contributed by atoms with Gasteiger partial charge in [-0.2, -0.15) is 0 Å². The van der Waals surface area contributed by atoms with Crippen molar-refractivity contribution in [3.05, 3.63) is 81.9 Å². The number of fused-ring (bicyclic) bond motifs is 1. The molecule has 0 saturated carbocycles. The van der Waals surface area contributed by atoms with Gasteiger partial charge in [0.05, 0.1) is 10.6 Å². The van der Waals surface area contributed by atoms with Crippen molar-refractivity contribution in [2.45, 2.75) is 19.8 Å². The lowest BCUT2D eigenvalue weighted by molar-refractivity contribution is -0.385. The Morgan fingerprint density at radius 2 is 1.75 bits per heavy atom. The van der Waals surface area contributed by atoms with E-state index in [-0.39, 0.29) is 16.5 Å². The van der Waals surface area contributed by atoms with Crippen LogP contribution >= 0.6 is 0 Å². The molecule has 0 aliphatic carbocycles. The standard InChI is InChI=1S/C20H18N2O2/c1-14(2)19-10-7-15(11-20(19)22(23)24)13-21-18-9-8-16-5-3-4-6-17(16)12-18/h3-14H,1-2H3. The third-order valence-corrected chi connectivity index (χ3v) is 3.97. The van der Waals surface area contributed by atoms with Crippen LogP contribution in [0.1, 0.15) is 30.9 Å². The Morgan fingerprint density at radius 3 is 2.46 bits per heavy atom. The van der Waals surface area contributed by atoms with Crippen LogP contribution in [0.15, 0.2) is 65.7 Å². The van der Waals surface area contributed by atoms with Crippen molar-refractivity contribution in [3.8, 4) is 0 Å². The molecule has 0 heterocycles. The zero-order chi connectivity index (χ0) is 17.1. The molecule has 4 nitrogen and oxygen atoms in total. The van der Waals surface area contributed by atoms with Crippen LogP contribution in [0.5, 0.6) is 0 Å². The molecule has 0 aliphatic heterocycles. The predicted molar refractivity (Wildman–Crippen MR) is 98.4 cm³/mol. The largest absolute Gasteiger partial charge is 0.273 e. The van der Waals surface area contributed by atoms with E-state index in [0.29, 0.717) is 0 Å². The molecule has 0 unspecified atom stereocenters. The first-order chi connectivity index (χ1) is 11.5. The molecule has 0 aliphatic rings. The van der Waals surface area contributed by atoms with Crippen LogP contribution < -0.4 is 0 Å². The van der Waals surface area contributed by atoms with E-state index in [9.17, 15) is 10.1 Å². The molecule has 0 radical (unpaired) electrons. The van der Waals surface area contributed by atoms with Gasteiger partial charge in [-0.05, 0) is 34.4 Å².